The number of nitrogens with one attached hydrogen (secondary N) is 1. The molecule has 1 aliphatic carbocycles. The summed E-state index contributed by atoms with van der Waals surface area (Å²) in [5, 5.41) is 21.5. The van der Waals surface area contributed by atoms with E-state index in [1.807, 2.05) is 6.92 Å². The molecule has 0 spiro atoms. The molecule has 0 bridgehead atoms. The number of nitrogens with zero attached hydrogens (tertiary/aromatic N) is 1. The Labute approximate surface area is 125 Å². The lowest BCUT2D eigenvalue weighted by Crippen LogP contribution is -2.41. The van der Waals surface area contributed by atoms with Crippen molar-refractivity contribution in [2.75, 3.05) is 6.61 Å². The van der Waals surface area contributed by atoms with Crippen molar-refractivity contribution in [2.45, 2.75) is 45.1 Å². The van der Waals surface area contributed by atoms with E-state index in [9.17, 15) is 9.90 Å². The van der Waals surface area contributed by atoms with Gasteiger partial charge in [-0.3, -0.25) is 4.79 Å². The monoisotopic (exact) mass is 286 g/mol. The fourth-order valence-corrected chi connectivity index (χ4v) is 3.03. The predicted molar refractivity (Wildman–Crippen MR) is 80.8 cm³/mol. The first-order chi connectivity index (χ1) is 10.2. The average Bonchev–Trinajstić information content (AvgIpc) is 2.71. The maximum Gasteiger partial charge on any atom is 0.251 e. The van der Waals surface area contributed by atoms with Gasteiger partial charge < -0.3 is 10.4 Å². The van der Waals surface area contributed by atoms with Gasteiger partial charge in [-0.15, -0.1) is 0 Å². The summed E-state index contributed by atoms with van der Waals surface area (Å²) in [5.74, 6) is 0.0393. The molecule has 1 fully saturated rings. The SMILES string of the molecule is Cc1cc(C#N)ccc1C(=O)NC1CCCCCC1CO. The molecule has 4 heteroatoms. The van der Waals surface area contributed by atoms with E-state index in [0.717, 1.165) is 31.2 Å². The molecule has 0 saturated heterocycles. The van der Waals surface area contributed by atoms with E-state index in [1.165, 1.54) is 6.42 Å². The van der Waals surface area contributed by atoms with Crippen LogP contribution in [0.2, 0.25) is 0 Å². The van der Waals surface area contributed by atoms with Crippen molar-refractivity contribution in [3.8, 4) is 6.07 Å². The summed E-state index contributed by atoms with van der Waals surface area (Å²) in [7, 11) is 0. The van der Waals surface area contributed by atoms with Crippen molar-refractivity contribution in [3.05, 3.63) is 34.9 Å². The second-order valence-electron chi connectivity index (χ2n) is 5.80. The molecule has 2 N–H and O–H groups in total. The number of aryl methyl sites for hydroxylation is 1. The number of benzene rings is 1. The fraction of sp³-hybridized carbons (Fsp3) is 0.529. The topological polar surface area (TPSA) is 73.1 Å². The molecule has 0 aliphatic heterocycles. The molecule has 1 aliphatic rings. The number of aliphatic hydroxyl groups is 1. The Bertz CT molecular complexity index is 548. The second-order valence-corrected chi connectivity index (χ2v) is 5.80. The van der Waals surface area contributed by atoms with E-state index in [2.05, 4.69) is 11.4 Å². The zero-order valence-electron chi connectivity index (χ0n) is 12.4. The number of carbonyl (C=O) groups excluding carboxylic acids is 1. The van der Waals surface area contributed by atoms with Crippen molar-refractivity contribution < 1.29 is 9.90 Å². The Morgan fingerprint density at radius 1 is 1.38 bits per heavy atom. The van der Waals surface area contributed by atoms with Crippen LogP contribution in [0.1, 0.15) is 53.6 Å². The van der Waals surface area contributed by atoms with Gasteiger partial charge in [-0.1, -0.05) is 19.3 Å². The van der Waals surface area contributed by atoms with E-state index in [0.29, 0.717) is 11.1 Å². The highest BCUT2D eigenvalue weighted by molar-refractivity contribution is 5.96. The standard InChI is InChI=1S/C17H22N2O2/c1-12-9-13(10-18)7-8-15(12)17(21)19-16-6-4-2-3-5-14(16)11-20/h7-9,14,16,20H,2-6,11H2,1H3,(H,19,21). The van der Waals surface area contributed by atoms with E-state index >= 15 is 0 Å². The Morgan fingerprint density at radius 3 is 2.81 bits per heavy atom. The Kier molecular flexibility index (Phi) is 5.35. The van der Waals surface area contributed by atoms with Crippen LogP contribution in [0, 0.1) is 24.2 Å². The van der Waals surface area contributed by atoms with Gasteiger partial charge in [0.05, 0.1) is 11.6 Å². The molecule has 1 aromatic rings. The van der Waals surface area contributed by atoms with Gasteiger partial charge in [0.25, 0.3) is 5.91 Å². The van der Waals surface area contributed by atoms with E-state index in [4.69, 9.17) is 5.26 Å². The van der Waals surface area contributed by atoms with Gasteiger partial charge in [0.1, 0.15) is 0 Å². The first kappa shape index (κ1) is 15.5. The van der Waals surface area contributed by atoms with Crippen LogP contribution in [0.3, 0.4) is 0 Å². The van der Waals surface area contributed by atoms with E-state index < -0.39 is 0 Å². The molecule has 1 saturated carbocycles. The zero-order valence-corrected chi connectivity index (χ0v) is 12.4. The maximum absolute atomic E-state index is 12.4. The molecular formula is C17H22N2O2. The normalized spacial score (nSPS) is 22.1. The minimum atomic E-state index is -0.109. The van der Waals surface area contributed by atoms with Crippen molar-refractivity contribution in [1.82, 2.24) is 5.32 Å². The number of nitriles is 1. The minimum Gasteiger partial charge on any atom is -0.396 e. The lowest BCUT2D eigenvalue weighted by molar-refractivity contribution is 0.0899. The van der Waals surface area contributed by atoms with Crippen LogP contribution in [-0.4, -0.2) is 23.7 Å². The molecule has 1 aromatic carbocycles. The Hall–Kier alpha value is -1.86. The molecular weight excluding hydrogens is 264 g/mol. The summed E-state index contributed by atoms with van der Waals surface area (Å²) in [5.41, 5.74) is 1.97. The molecule has 1 amide bonds. The van der Waals surface area contributed by atoms with Crippen molar-refractivity contribution >= 4 is 5.91 Å². The third-order valence-corrected chi connectivity index (χ3v) is 4.31. The molecule has 4 nitrogen and oxygen atoms in total. The molecule has 2 unspecified atom stereocenters. The fourth-order valence-electron chi connectivity index (χ4n) is 3.03. The van der Waals surface area contributed by atoms with Crippen LogP contribution in [0.15, 0.2) is 18.2 Å². The van der Waals surface area contributed by atoms with Gasteiger partial charge >= 0.3 is 0 Å². The van der Waals surface area contributed by atoms with Crippen LogP contribution in [-0.2, 0) is 0 Å². The average molecular weight is 286 g/mol. The van der Waals surface area contributed by atoms with Gasteiger partial charge in [0.15, 0.2) is 0 Å². The molecule has 0 radical (unpaired) electrons. The van der Waals surface area contributed by atoms with E-state index in [1.54, 1.807) is 18.2 Å². The van der Waals surface area contributed by atoms with Crippen molar-refractivity contribution in [2.24, 2.45) is 5.92 Å². The summed E-state index contributed by atoms with van der Waals surface area (Å²) < 4.78 is 0. The minimum absolute atomic E-state index is 0.0417. The third-order valence-electron chi connectivity index (χ3n) is 4.31. The quantitative estimate of drug-likeness (QED) is 0.839. The highest BCUT2D eigenvalue weighted by Crippen LogP contribution is 2.23. The zero-order chi connectivity index (χ0) is 15.2. The van der Waals surface area contributed by atoms with Gasteiger partial charge in [0.2, 0.25) is 0 Å². The molecule has 0 heterocycles. The maximum atomic E-state index is 12.4. The molecule has 2 atom stereocenters. The van der Waals surface area contributed by atoms with Crippen LogP contribution < -0.4 is 5.32 Å². The smallest absolute Gasteiger partial charge is 0.251 e. The largest absolute Gasteiger partial charge is 0.396 e. The summed E-state index contributed by atoms with van der Waals surface area (Å²) in [6, 6.07) is 7.21. The number of amides is 1. The van der Waals surface area contributed by atoms with Gasteiger partial charge in [-0.05, 0) is 43.5 Å². The number of carbonyl (C=O) groups is 1. The summed E-state index contributed by atoms with van der Waals surface area (Å²) in [6.07, 6.45) is 5.26. The predicted octanol–water partition coefficient (Wildman–Crippen LogP) is 2.54. The third kappa shape index (κ3) is 3.83. The van der Waals surface area contributed by atoms with Crippen LogP contribution >= 0.6 is 0 Å². The lowest BCUT2D eigenvalue weighted by Gasteiger charge is -2.24. The highest BCUT2D eigenvalue weighted by atomic mass is 16.3. The number of aliphatic hydroxyl groups excluding tert-OH is 1. The van der Waals surface area contributed by atoms with Crippen LogP contribution in [0.4, 0.5) is 0 Å². The first-order valence-electron chi connectivity index (χ1n) is 7.58. The van der Waals surface area contributed by atoms with Crippen LogP contribution in [0.5, 0.6) is 0 Å². The number of hydrogen-bond donors (Lipinski definition) is 2. The van der Waals surface area contributed by atoms with Crippen molar-refractivity contribution in [1.29, 1.82) is 5.26 Å². The second kappa shape index (κ2) is 7.24. The van der Waals surface area contributed by atoms with Crippen LogP contribution in [0.25, 0.3) is 0 Å². The molecule has 0 aromatic heterocycles. The summed E-state index contributed by atoms with van der Waals surface area (Å²) in [6.45, 7) is 1.96. The molecule has 112 valence electrons. The molecule has 2 rings (SSSR count). The Balaban J connectivity index is 2.11. The van der Waals surface area contributed by atoms with Gasteiger partial charge in [-0.2, -0.15) is 5.26 Å². The Morgan fingerprint density at radius 2 is 2.14 bits per heavy atom. The highest BCUT2D eigenvalue weighted by Gasteiger charge is 2.25. The van der Waals surface area contributed by atoms with Gasteiger partial charge in [0, 0.05) is 24.1 Å². The summed E-state index contributed by atoms with van der Waals surface area (Å²) in [4.78, 5) is 12.4. The lowest BCUT2D eigenvalue weighted by atomic mass is 9.95. The van der Waals surface area contributed by atoms with Crippen molar-refractivity contribution in [3.63, 3.8) is 0 Å². The molecule has 21 heavy (non-hydrogen) atoms. The van der Waals surface area contributed by atoms with Gasteiger partial charge in [-0.25, -0.2) is 0 Å². The summed E-state index contributed by atoms with van der Waals surface area (Å²) >= 11 is 0. The number of hydrogen-bond acceptors (Lipinski definition) is 3. The van der Waals surface area contributed by atoms with E-state index in [-0.39, 0.29) is 24.5 Å². The number of rotatable bonds is 3. The first-order valence-corrected chi connectivity index (χ1v) is 7.58.